The molecule has 1 atom stereocenters. The highest BCUT2D eigenvalue weighted by molar-refractivity contribution is 7.55. The van der Waals surface area contributed by atoms with Crippen LogP contribution in [0.2, 0.25) is 0 Å². The minimum Gasteiger partial charge on any atom is -0.479 e. The third kappa shape index (κ3) is 3.42. The molecule has 7 heteroatoms. The Balaban J connectivity index is 4.57. The largest absolute Gasteiger partial charge is 0.479 e. The molecule has 78 valence electrons. The van der Waals surface area contributed by atoms with Crippen LogP contribution in [0.3, 0.4) is 0 Å². The normalized spacial score (nSPS) is 14.1. The Morgan fingerprint density at radius 3 is 2.08 bits per heavy atom. The van der Waals surface area contributed by atoms with Crippen molar-refractivity contribution in [1.82, 2.24) is 0 Å². The molecule has 0 bridgehead atoms. The van der Waals surface area contributed by atoms with E-state index in [1.165, 1.54) is 13.8 Å². The number of hydrogen-bond acceptors (Lipinski definition) is 4. The van der Waals surface area contributed by atoms with Crippen LogP contribution < -0.4 is 0 Å². The van der Waals surface area contributed by atoms with Gasteiger partial charge in [0.05, 0.1) is 13.2 Å². The van der Waals surface area contributed by atoms with E-state index in [0.29, 0.717) is 0 Å². The summed E-state index contributed by atoms with van der Waals surface area (Å²) >= 11 is 0. The zero-order valence-corrected chi connectivity index (χ0v) is 8.29. The van der Waals surface area contributed by atoms with Crippen LogP contribution in [0, 0.1) is 0 Å². The van der Waals surface area contributed by atoms with Gasteiger partial charge in [-0.3, -0.25) is 4.57 Å². The molecule has 0 saturated carbocycles. The van der Waals surface area contributed by atoms with Crippen LogP contribution in [0.1, 0.15) is 13.8 Å². The maximum absolute atomic E-state index is 12.8. The number of aliphatic carboxylic acids is 1. The van der Waals surface area contributed by atoms with E-state index in [0.717, 1.165) is 0 Å². The molecule has 1 N–H and O–H groups in total. The van der Waals surface area contributed by atoms with Crippen molar-refractivity contribution in [3.05, 3.63) is 0 Å². The average Bonchev–Trinajstić information content (AvgIpc) is 2.03. The first-order valence-corrected chi connectivity index (χ1v) is 5.34. The van der Waals surface area contributed by atoms with E-state index in [2.05, 4.69) is 9.05 Å². The fraction of sp³-hybridized carbons (Fsp3) is 0.833. The van der Waals surface area contributed by atoms with Gasteiger partial charge >= 0.3 is 13.6 Å². The number of rotatable bonds is 6. The fourth-order valence-electron chi connectivity index (χ4n) is 0.663. The van der Waals surface area contributed by atoms with Gasteiger partial charge in [0.2, 0.25) is 0 Å². The van der Waals surface area contributed by atoms with Gasteiger partial charge in [-0.05, 0) is 13.8 Å². The van der Waals surface area contributed by atoms with Gasteiger partial charge < -0.3 is 14.2 Å². The number of carboxylic acids is 1. The molecule has 0 amide bonds. The van der Waals surface area contributed by atoms with E-state index < -0.39 is 19.5 Å². The first-order chi connectivity index (χ1) is 5.98. The predicted octanol–water partition coefficient (Wildman–Crippen LogP) is 1.63. The molecule has 0 aromatic heterocycles. The molecule has 0 aliphatic carbocycles. The van der Waals surface area contributed by atoms with Crippen molar-refractivity contribution < 1.29 is 27.9 Å². The molecule has 1 unspecified atom stereocenters. The van der Waals surface area contributed by atoms with E-state index in [-0.39, 0.29) is 13.2 Å². The molecule has 0 rings (SSSR count). The predicted molar refractivity (Wildman–Crippen MR) is 43.4 cm³/mol. The first kappa shape index (κ1) is 12.6. The van der Waals surface area contributed by atoms with Crippen molar-refractivity contribution in [3.63, 3.8) is 0 Å². The van der Waals surface area contributed by atoms with Gasteiger partial charge in [0, 0.05) is 0 Å². The number of halogens is 1. The fourth-order valence-corrected chi connectivity index (χ4v) is 1.99. The molecule has 0 aromatic rings. The highest BCUT2D eigenvalue weighted by Crippen LogP contribution is 2.53. The molecule has 5 nitrogen and oxygen atoms in total. The van der Waals surface area contributed by atoms with Gasteiger partial charge in [-0.15, -0.1) is 0 Å². The lowest BCUT2D eigenvalue weighted by Gasteiger charge is -2.17. The van der Waals surface area contributed by atoms with Gasteiger partial charge in [-0.2, -0.15) is 0 Å². The van der Waals surface area contributed by atoms with Crippen molar-refractivity contribution in [2.45, 2.75) is 19.8 Å². The summed E-state index contributed by atoms with van der Waals surface area (Å²) in [6, 6.07) is 0. The molecule has 0 fully saturated rings. The van der Waals surface area contributed by atoms with E-state index in [9.17, 15) is 13.8 Å². The second-order valence-electron chi connectivity index (χ2n) is 2.05. The van der Waals surface area contributed by atoms with Crippen molar-refractivity contribution >= 4 is 13.6 Å². The van der Waals surface area contributed by atoms with Crippen molar-refractivity contribution in [2.24, 2.45) is 0 Å². The lowest BCUT2D eigenvalue weighted by molar-refractivity contribution is -0.140. The number of carbonyl (C=O) groups is 1. The van der Waals surface area contributed by atoms with Gasteiger partial charge in [-0.25, -0.2) is 9.18 Å². The average molecular weight is 214 g/mol. The van der Waals surface area contributed by atoms with E-state index in [1.807, 2.05) is 0 Å². The standard InChI is InChI=1S/C6H12FO5P/c1-3-11-13(10,12-4-2)5(7)6(8)9/h5H,3-4H2,1-2H3,(H,8,9). The van der Waals surface area contributed by atoms with Crippen molar-refractivity contribution in [3.8, 4) is 0 Å². The quantitative estimate of drug-likeness (QED) is 0.680. The van der Waals surface area contributed by atoms with Crippen LogP contribution >= 0.6 is 7.60 Å². The summed E-state index contributed by atoms with van der Waals surface area (Å²) in [6.07, 6.45) is 0. The van der Waals surface area contributed by atoms with Gasteiger partial charge in [0.15, 0.2) is 0 Å². The molecule has 0 heterocycles. The van der Waals surface area contributed by atoms with E-state index in [1.54, 1.807) is 0 Å². The lowest BCUT2D eigenvalue weighted by Crippen LogP contribution is -2.18. The van der Waals surface area contributed by atoms with E-state index >= 15 is 0 Å². The summed E-state index contributed by atoms with van der Waals surface area (Å²) in [5.74, 6) is -4.46. The molecule has 0 aliphatic heterocycles. The Bertz CT molecular complexity index is 209. The molecule has 0 saturated heterocycles. The highest BCUT2D eigenvalue weighted by Gasteiger charge is 2.41. The minimum atomic E-state index is -4.13. The molecular formula is C6H12FO5P. The zero-order valence-electron chi connectivity index (χ0n) is 7.40. The maximum atomic E-state index is 12.8. The molecule has 0 radical (unpaired) electrons. The molecule has 13 heavy (non-hydrogen) atoms. The lowest BCUT2D eigenvalue weighted by atomic mass is 10.8. The first-order valence-electron chi connectivity index (χ1n) is 3.73. The highest BCUT2D eigenvalue weighted by atomic mass is 31.2. The van der Waals surface area contributed by atoms with Crippen LogP contribution in [0.25, 0.3) is 0 Å². The van der Waals surface area contributed by atoms with Crippen molar-refractivity contribution in [2.75, 3.05) is 13.2 Å². The Hall–Kier alpha value is -0.450. The van der Waals surface area contributed by atoms with E-state index in [4.69, 9.17) is 5.11 Å². The Morgan fingerprint density at radius 2 is 1.85 bits per heavy atom. The molecular weight excluding hydrogens is 202 g/mol. The second-order valence-corrected chi connectivity index (χ2v) is 4.10. The summed E-state index contributed by atoms with van der Waals surface area (Å²) in [7, 11) is -4.13. The Kier molecular flexibility index (Phi) is 5.13. The Morgan fingerprint density at radius 1 is 1.46 bits per heavy atom. The van der Waals surface area contributed by atoms with Crippen LogP contribution in [0.15, 0.2) is 0 Å². The second kappa shape index (κ2) is 5.32. The molecule has 0 aliphatic rings. The SMILES string of the molecule is CCOP(=O)(OCC)C(F)C(=O)O. The summed E-state index contributed by atoms with van der Waals surface area (Å²) in [5, 5.41) is 8.26. The number of alkyl halides is 1. The summed E-state index contributed by atoms with van der Waals surface area (Å²) in [4.78, 5) is 10.2. The summed E-state index contributed by atoms with van der Waals surface area (Å²) in [6.45, 7) is 2.82. The monoisotopic (exact) mass is 214 g/mol. The minimum absolute atomic E-state index is 0.0645. The van der Waals surface area contributed by atoms with Crippen LogP contribution in [-0.2, 0) is 18.4 Å². The third-order valence-electron chi connectivity index (χ3n) is 1.10. The number of carboxylic acid groups (broad SMARTS) is 1. The molecule has 0 aromatic carbocycles. The summed E-state index contributed by atoms with van der Waals surface area (Å²) in [5.41, 5.74) is 0. The Labute approximate surface area is 75.4 Å². The van der Waals surface area contributed by atoms with Crippen LogP contribution in [0.4, 0.5) is 4.39 Å². The van der Waals surface area contributed by atoms with Crippen LogP contribution in [-0.4, -0.2) is 30.2 Å². The van der Waals surface area contributed by atoms with Crippen LogP contribution in [0.5, 0.6) is 0 Å². The smallest absolute Gasteiger partial charge is 0.376 e. The zero-order chi connectivity index (χ0) is 10.5. The van der Waals surface area contributed by atoms with Gasteiger partial charge in [0.1, 0.15) is 0 Å². The maximum Gasteiger partial charge on any atom is 0.376 e. The summed E-state index contributed by atoms with van der Waals surface area (Å²) < 4.78 is 33.1. The topological polar surface area (TPSA) is 72.8 Å². The molecule has 0 spiro atoms. The third-order valence-corrected chi connectivity index (χ3v) is 3.11. The number of hydrogen-bond donors (Lipinski definition) is 1. The van der Waals surface area contributed by atoms with Gasteiger partial charge in [0.25, 0.3) is 5.91 Å². The van der Waals surface area contributed by atoms with Crippen molar-refractivity contribution in [1.29, 1.82) is 0 Å². The van der Waals surface area contributed by atoms with Gasteiger partial charge in [-0.1, -0.05) is 0 Å².